The van der Waals surface area contributed by atoms with Crippen LogP contribution < -0.4 is 15.4 Å². The van der Waals surface area contributed by atoms with E-state index >= 15 is 0 Å². The largest absolute Gasteiger partial charge is 0.496 e. The third kappa shape index (κ3) is 1.83. The molecule has 0 amide bonds. The highest BCUT2D eigenvalue weighted by molar-refractivity contribution is 7.16. The highest BCUT2D eigenvalue weighted by atomic mass is 32.1. The normalized spacial score (nSPS) is 12.9. The van der Waals surface area contributed by atoms with Gasteiger partial charge in [0, 0.05) is 11.6 Å². The molecule has 1 unspecified atom stereocenters. The van der Waals surface area contributed by atoms with Gasteiger partial charge in [-0.2, -0.15) is 0 Å². The molecule has 0 bridgehead atoms. The van der Waals surface area contributed by atoms with Crippen LogP contribution in [0.15, 0.2) is 21.3 Å². The van der Waals surface area contributed by atoms with E-state index in [9.17, 15) is 4.79 Å². The molecule has 0 saturated heterocycles. The zero-order valence-corrected chi connectivity index (χ0v) is 9.97. The summed E-state index contributed by atoms with van der Waals surface area (Å²) in [5, 5.41) is 0. The van der Waals surface area contributed by atoms with Gasteiger partial charge in [0.15, 0.2) is 0 Å². The lowest BCUT2D eigenvalue weighted by Gasteiger charge is -2.13. The maximum absolute atomic E-state index is 11.1. The molecule has 16 heavy (non-hydrogen) atoms. The van der Waals surface area contributed by atoms with E-state index < -0.39 is 0 Å². The predicted molar refractivity (Wildman–Crippen MR) is 64.4 cm³/mol. The Morgan fingerprint density at radius 2 is 2.31 bits per heavy atom. The van der Waals surface area contributed by atoms with Crippen molar-refractivity contribution in [3.63, 3.8) is 0 Å². The van der Waals surface area contributed by atoms with Crippen molar-refractivity contribution in [1.29, 1.82) is 0 Å². The van der Waals surface area contributed by atoms with Gasteiger partial charge in [-0.15, -0.1) is 0 Å². The Labute approximate surface area is 96.6 Å². The summed E-state index contributed by atoms with van der Waals surface area (Å²) in [5.41, 5.74) is 7.21. The van der Waals surface area contributed by atoms with Crippen molar-refractivity contribution in [1.82, 2.24) is 0 Å². The van der Waals surface area contributed by atoms with Crippen LogP contribution in [0.4, 0.5) is 0 Å². The van der Waals surface area contributed by atoms with Crippen LogP contribution >= 0.6 is 11.3 Å². The Kier molecular flexibility index (Phi) is 2.98. The summed E-state index contributed by atoms with van der Waals surface area (Å²) in [6.07, 6.45) is 0. The number of methoxy groups -OCH3 is 1. The van der Waals surface area contributed by atoms with Gasteiger partial charge in [-0.3, -0.25) is 0 Å². The van der Waals surface area contributed by atoms with E-state index in [-0.39, 0.29) is 10.9 Å². The summed E-state index contributed by atoms with van der Waals surface area (Å²) in [5.74, 6) is 0.923. The molecule has 0 aliphatic heterocycles. The molecule has 0 aliphatic rings. The molecule has 5 heteroatoms. The van der Waals surface area contributed by atoms with E-state index in [1.165, 1.54) is 0 Å². The third-order valence-corrected chi connectivity index (χ3v) is 3.36. The number of hydrogen-bond acceptors (Lipinski definition) is 5. The van der Waals surface area contributed by atoms with Crippen LogP contribution in [0, 0.1) is 0 Å². The van der Waals surface area contributed by atoms with Crippen LogP contribution in [0.2, 0.25) is 0 Å². The van der Waals surface area contributed by atoms with Gasteiger partial charge in [0.1, 0.15) is 11.3 Å². The maximum Gasteiger partial charge on any atom is 0.396 e. The second-order valence-electron chi connectivity index (χ2n) is 3.63. The van der Waals surface area contributed by atoms with Crippen molar-refractivity contribution >= 4 is 21.6 Å². The molecule has 1 heterocycles. The molecular formula is C11H13NO3S. The van der Waals surface area contributed by atoms with Crippen LogP contribution in [0.3, 0.4) is 0 Å². The van der Waals surface area contributed by atoms with E-state index in [1.807, 2.05) is 19.1 Å². The smallest absolute Gasteiger partial charge is 0.396 e. The Balaban J connectivity index is 2.66. The van der Waals surface area contributed by atoms with Crippen LogP contribution in [0.25, 0.3) is 10.3 Å². The summed E-state index contributed by atoms with van der Waals surface area (Å²) in [6.45, 7) is 2.53. The quantitative estimate of drug-likeness (QED) is 0.888. The third-order valence-electron chi connectivity index (χ3n) is 2.57. The first kappa shape index (κ1) is 11.2. The van der Waals surface area contributed by atoms with Crippen LogP contribution in [0.1, 0.15) is 18.4 Å². The van der Waals surface area contributed by atoms with Crippen molar-refractivity contribution < 1.29 is 9.15 Å². The van der Waals surface area contributed by atoms with Gasteiger partial charge < -0.3 is 14.9 Å². The van der Waals surface area contributed by atoms with E-state index in [0.29, 0.717) is 12.1 Å². The second-order valence-corrected chi connectivity index (χ2v) is 4.61. The molecule has 2 rings (SSSR count). The van der Waals surface area contributed by atoms with Crippen LogP contribution in [0.5, 0.6) is 5.75 Å². The highest BCUT2D eigenvalue weighted by Crippen LogP contribution is 2.32. The minimum absolute atomic E-state index is 0.171. The molecule has 1 atom stereocenters. The van der Waals surface area contributed by atoms with Gasteiger partial charge >= 0.3 is 4.94 Å². The molecule has 0 radical (unpaired) electrons. The maximum atomic E-state index is 11.1. The fraction of sp³-hybridized carbons (Fsp3) is 0.364. The second kappa shape index (κ2) is 4.27. The van der Waals surface area contributed by atoms with Crippen LogP contribution in [-0.4, -0.2) is 13.7 Å². The first-order valence-corrected chi connectivity index (χ1v) is 5.79. The number of fused-ring (bicyclic) bond motifs is 1. The van der Waals surface area contributed by atoms with Crippen molar-refractivity contribution in [2.75, 3.05) is 13.7 Å². The first-order valence-electron chi connectivity index (χ1n) is 4.97. The lowest BCUT2D eigenvalue weighted by molar-refractivity contribution is 0.407. The fourth-order valence-electron chi connectivity index (χ4n) is 1.61. The Bertz CT molecular complexity index is 558. The van der Waals surface area contributed by atoms with E-state index in [0.717, 1.165) is 27.3 Å². The summed E-state index contributed by atoms with van der Waals surface area (Å²) in [7, 11) is 1.61. The average Bonchev–Trinajstić information content (AvgIpc) is 2.65. The molecule has 1 aromatic heterocycles. The molecule has 0 fully saturated rings. The van der Waals surface area contributed by atoms with Gasteiger partial charge in [0.05, 0.1) is 11.8 Å². The zero-order chi connectivity index (χ0) is 11.7. The number of hydrogen-bond donors (Lipinski definition) is 1. The predicted octanol–water partition coefficient (Wildman–Crippen LogP) is 1.93. The SMILES string of the molecule is COc1cc2sc(=O)oc2cc1C(C)CN. The Hall–Kier alpha value is -1.33. The minimum Gasteiger partial charge on any atom is -0.496 e. The summed E-state index contributed by atoms with van der Waals surface area (Å²) in [4.78, 5) is 10.8. The molecule has 86 valence electrons. The van der Waals surface area contributed by atoms with Gasteiger partial charge in [-0.1, -0.05) is 18.3 Å². The molecule has 0 saturated carbocycles. The Morgan fingerprint density at radius 3 is 2.94 bits per heavy atom. The lowest BCUT2D eigenvalue weighted by Crippen LogP contribution is -2.09. The van der Waals surface area contributed by atoms with Gasteiger partial charge in [0.2, 0.25) is 0 Å². The van der Waals surface area contributed by atoms with Crippen molar-refractivity contribution in [2.24, 2.45) is 5.73 Å². The first-order chi connectivity index (χ1) is 7.65. The minimum atomic E-state index is -0.297. The van der Waals surface area contributed by atoms with E-state index in [4.69, 9.17) is 14.9 Å². The Morgan fingerprint density at radius 1 is 1.56 bits per heavy atom. The fourth-order valence-corrected chi connectivity index (χ4v) is 2.28. The average molecular weight is 239 g/mol. The van der Waals surface area contributed by atoms with E-state index in [1.54, 1.807) is 7.11 Å². The molecular weight excluding hydrogens is 226 g/mol. The monoisotopic (exact) mass is 239 g/mol. The number of rotatable bonds is 3. The molecule has 0 aliphatic carbocycles. The molecule has 1 aromatic carbocycles. The molecule has 0 spiro atoms. The van der Waals surface area contributed by atoms with E-state index in [2.05, 4.69) is 0 Å². The van der Waals surface area contributed by atoms with Gasteiger partial charge in [-0.05, 0) is 18.5 Å². The summed E-state index contributed by atoms with van der Waals surface area (Å²) in [6, 6.07) is 3.66. The number of ether oxygens (including phenoxy) is 1. The van der Waals surface area contributed by atoms with Crippen molar-refractivity contribution in [3.05, 3.63) is 27.4 Å². The highest BCUT2D eigenvalue weighted by Gasteiger charge is 2.14. The molecule has 2 N–H and O–H groups in total. The topological polar surface area (TPSA) is 65.5 Å². The summed E-state index contributed by atoms with van der Waals surface area (Å²) < 4.78 is 11.2. The molecule has 4 nitrogen and oxygen atoms in total. The van der Waals surface area contributed by atoms with Gasteiger partial charge in [-0.25, -0.2) is 4.79 Å². The molecule has 2 aromatic rings. The lowest BCUT2D eigenvalue weighted by atomic mass is 10.0. The number of nitrogens with two attached hydrogens (primary N) is 1. The standard InChI is InChI=1S/C11H13NO3S/c1-6(5-12)7-3-9-10(4-8(7)14-2)16-11(13)15-9/h3-4,6H,5,12H2,1-2H3. The zero-order valence-electron chi connectivity index (χ0n) is 9.15. The van der Waals surface area contributed by atoms with Gasteiger partial charge in [0.25, 0.3) is 0 Å². The summed E-state index contributed by atoms with van der Waals surface area (Å²) >= 11 is 1.08. The van der Waals surface area contributed by atoms with Crippen molar-refractivity contribution in [2.45, 2.75) is 12.8 Å². The van der Waals surface area contributed by atoms with Crippen LogP contribution in [-0.2, 0) is 0 Å². The van der Waals surface area contributed by atoms with Crippen molar-refractivity contribution in [3.8, 4) is 5.75 Å². The number of benzene rings is 1.